The van der Waals surface area contributed by atoms with Gasteiger partial charge in [0.1, 0.15) is 5.82 Å². The number of carbonyl (C=O) groups excluding carboxylic acids is 2. The Morgan fingerprint density at radius 2 is 1.77 bits per heavy atom. The van der Waals surface area contributed by atoms with Crippen LogP contribution < -0.4 is 0 Å². The second-order valence-corrected chi connectivity index (χ2v) is 7.43. The Morgan fingerprint density at radius 3 is 2.42 bits per heavy atom. The van der Waals surface area contributed by atoms with Gasteiger partial charge in [-0.3, -0.25) is 24.7 Å². The Morgan fingerprint density at radius 1 is 1.03 bits per heavy atom. The van der Waals surface area contributed by atoms with E-state index in [0.717, 1.165) is 11.5 Å². The number of pyridine rings is 1. The van der Waals surface area contributed by atoms with E-state index in [-0.39, 0.29) is 17.2 Å². The first-order valence-electron chi connectivity index (χ1n) is 10.0. The van der Waals surface area contributed by atoms with E-state index >= 15 is 0 Å². The number of nitro groups is 1. The van der Waals surface area contributed by atoms with Crippen molar-refractivity contribution in [3.63, 3.8) is 0 Å². The third kappa shape index (κ3) is 4.50. The Labute approximate surface area is 178 Å². The number of amides is 1. The quantitative estimate of drug-likeness (QED) is 0.263. The SMILES string of the molecule is O=C(C(=O)N1CCC(c2nccn2Cc2ccccn2)CC1)c1ccc([N+](=O)[O-])cc1. The number of nitrogens with zero attached hydrogens (tertiary/aromatic N) is 5. The van der Waals surface area contributed by atoms with Gasteiger partial charge in [0.2, 0.25) is 5.78 Å². The number of hydrogen-bond donors (Lipinski definition) is 0. The Hall–Kier alpha value is -3.88. The summed E-state index contributed by atoms with van der Waals surface area (Å²) in [7, 11) is 0. The second kappa shape index (κ2) is 8.86. The van der Waals surface area contributed by atoms with Crippen LogP contribution in [0, 0.1) is 10.1 Å². The first-order valence-corrected chi connectivity index (χ1v) is 10.0. The van der Waals surface area contributed by atoms with Crippen molar-refractivity contribution in [3.05, 3.63) is 88.3 Å². The molecular formula is C22H21N5O4. The number of non-ortho nitro benzene ring substituents is 1. The minimum atomic E-state index is -0.648. The average molecular weight is 419 g/mol. The van der Waals surface area contributed by atoms with E-state index in [2.05, 4.69) is 14.5 Å². The van der Waals surface area contributed by atoms with E-state index in [1.165, 1.54) is 24.3 Å². The van der Waals surface area contributed by atoms with Gasteiger partial charge in [0.15, 0.2) is 0 Å². The lowest BCUT2D eigenvalue weighted by Crippen LogP contribution is -2.42. The third-order valence-corrected chi connectivity index (χ3v) is 5.49. The van der Waals surface area contributed by atoms with Crippen molar-refractivity contribution in [2.24, 2.45) is 0 Å². The molecule has 0 atom stereocenters. The van der Waals surface area contributed by atoms with Crippen LogP contribution in [0.4, 0.5) is 5.69 Å². The molecule has 1 amide bonds. The summed E-state index contributed by atoms with van der Waals surface area (Å²) in [5, 5.41) is 10.8. The molecule has 0 bridgehead atoms. The van der Waals surface area contributed by atoms with Crippen LogP contribution in [0.1, 0.15) is 40.6 Å². The molecule has 1 saturated heterocycles. The van der Waals surface area contributed by atoms with Crippen LogP contribution in [0.5, 0.6) is 0 Å². The van der Waals surface area contributed by atoms with Crippen LogP contribution in [-0.2, 0) is 11.3 Å². The Bertz CT molecular complexity index is 1090. The molecule has 3 aromatic rings. The number of Topliss-reactive ketones (excluding diaryl/α,β-unsaturated/α-hetero) is 1. The second-order valence-electron chi connectivity index (χ2n) is 7.43. The fourth-order valence-corrected chi connectivity index (χ4v) is 3.82. The van der Waals surface area contributed by atoms with E-state index in [1.54, 1.807) is 17.3 Å². The monoisotopic (exact) mass is 419 g/mol. The maximum absolute atomic E-state index is 12.6. The van der Waals surface area contributed by atoms with Crippen LogP contribution in [0.15, 0.2) is 61.1 Å². The normalized spacial score (nSPS) is 14.4. The number of ketones is 1. The molecule has 4 rings (SSSR count). The zero-order valence-electron chi connectivity index (χ0n) is 16.8. The highest BCUT2D eigenvalue weighted by Gasteiger charge is 2.30. The molecular weight excluding hydrogens is 398 g/mol. The maximum Gasteiger partial charge on any atom is 0.294 e. The number of aromatic nitrogens is 3. The number of piperidine rings is 1. The number of rotatable bonds is 6. The summed E-state index contributed by atoms with van der Waals surface area (Å²) in [5.41, 5.74) is 0.984. The van der Waals surface area contributed by atoms with Crippen LogP contribution in [0.25, 0.3) is 0 Å². The number of hydrogen-bond acceptors (Lipinski definition) is 6. The molecule has 1 aliphatic rings. The lowest BCUT2D eigenvalue weighted by molar-refractivity contribution is -0.384. The van der Waals surface area contributed by atoms with Crippen LogP contribution >= 0.6 is 0 Å². The fourth-order valence-electron chi connectivity index (χ4n) is 3.82. The van der Waals surface area contributed by atoms with E-state index in [4.69, 9.17) is 0 Å². The fraction of sp³-hybridized carbons (Fsp3) is 0.273. The van der Waals surface area contributed by atoms with Gasteiger partial charge in [-0.05, 0) is 37.1 Å². The van der Waals surface area contributed by atoms with E-state index in [1.807, 2.05) is 24.4 Å². The van der Waals surface area contributed by atoms with Gasteiger partial charge >= 0.3 is 0 Å². The predicted octanol–water partition coefficient (Wildman–Crippen LogP) is 2.82. The first kappa shape index (κ1) is 20.4. The van der Waals surface area contributed by atoms with Crippen molar-refractivity contribution in [1.82, 2.24) is 19.4 Å². The zero-order chi connectivity index (χ0) is 21.8. The van der Waals surface area contributed by atoms with Gasteiger partial charge in [0.25, 0.3) is 11.6 Å². The molecule has 2 aromatic heterocycles. The highest BCUT2D eigenvalue weighted by Crippen LogP contribution is 2.27. The number of likely N-dealkylation sites (tertiary alicyclic amines) is 1. The maximum atomic E-state index is 12.6. The number of nitro benzene ring substituents is 1. The Balaban J connectivity index is 1.38. The molecule has 0 aliphatic carbocycles. The minimum absolute atomic E-state index is 0.119. The molecule has 1 fully saturated rings. The summed E-state index contributed by atoms with van der Waals surface area (Å²) < 4.78 is 2.08. The van der Waals surface area contributed by atoms with E-state index in [9.17, 15) is 19.7 Å². The molecule has 1 aromatic carbocycles. The number of benzene rings is 1. The van der Waals surface area contributed by atoms with Crippen molar-refractivity contribution < 1.29 is 14.5 Å². The summed E-state index contributed by atoms with van der Waals surface area (Å²) in [6, 6.07) is 10.9. The molecule has 9 nitrogen and oxygen atoms in total. The molecule has 0 spiro atoms. The average Bonchev–Trinajstić information content (AvgIpc) is 3.27. The zero-order valence-corrected chi connectivity index (χ0v) is 16.8. The van der Waals surface area contributed by atoms with Gasteiger partial charge in [-0.25, -0.2) is 4.98 Å². The highest BCUT2D eigenvalue weighted by atomic mass is 16.6. The van der Waals surface area contributed by atoms with Gasteiger partial charge in [-0.1, -0.05) is 6.07 Å². The van der Waals surface area contributed by atoms with Crippen molar-refractivity contribution in [3.8, 4) is 0 Å². The van der Waals surface area contributed by atoms with Gasteiger partial charge in [0.05, 0.1) is 17.2 Å². The number of imidazole rings is 1. The summed E-state index contributed by atoms with van der Waals surface area (Å²) in [6.45, 7) is 1.55. The molecule has 0 unspecified atom stereocenters. The molecule has 0 saturated carbocycles. The van der Waals surface area contributed by atoms with E-state index < -0.39 is 16.6 Å². The first-order chi connectivity index (χ1) is 15.0. The van der Waals surface area contributed by atoms with Crippen molar-refractivity contribution in [2.75, 3.05) is 13.1 Å². The van der Waals surface area contributed by atoms with Gasteiger partial charge in [-0.2, -0.15) is 0 Å². The van der Waals surface area contributed by atoms with Crippen molar-refractivity contribution >= 4 is 17.4 Å². The van der Waals surface area contributed by atoms with Gasteiger partial charge in [0, 0.05) is 55.3 Å². The highest BCUT2D eigenvalue weighted by molar-refractivity contribution is 6.42. The molecule has 31 heavy (non-hydrogen) atoms. The van der Waals surface area contributed by atoms with Crippen LogP contribution in [-0.4, -0.2) is 49.1 Å². The molecule has 9 heteroatoms. The molecule has 3 heterocycles. The van der Waals surface area contributed by atoms with Gasteiger partial charge in [-0.15, -0.1) is 0 Å². The minimum Gasteiger partial charge on any atom is -0.336 e. The van der Waals surface area contributed by atoms with E-state index in [0.29, 0.717) is 32.5 Å². The third-order valence-electron chi connectivity index (χ3n) is 5.49. The predicted molar refractivity (Wildman–Crippen MR) is 112 cm³/mol. The molecule has 158 valence electrons. The van der Waals surface area contributed by atoms with Gasteiger partial charge < -0.3 is 9.47 Å². The van der Waals surface area contributed by atoms with Crippen molar-refractivity contribution in [1.29, 1.82) is 0 Å². The summed E-state index contributed by atoms with van der Waals surface area (Å²) in [6.07, 6.45) is 6.88. The summed E-state index contributed by atoms with van der Waals surface area (Å²) in [5.74, 6) is -0.0779. The smallest absolute Gasteiger partial charge is 0.294 e. The number of carbonyl (C=O) groups is 2. The van der Waals surface area contributed by atoms with Crippen molar-refractivity contribution in [2.45, 2.75) is 25.3 Å². The molecule has 0 radical (unpaired) electrons. The lowest BCUT2D eigenvalue weighted by atomic mass is 9.95. The standard InChI is InChI=1S/C22H21N5O4/c28-20(16-4-6-19(7-5-16)27(30)31)22(29)25-12-8-17(9-13-25)21-24-11-14-26(21)15-18-3-1-2-10-23-18/h1-7,10-11,14,17H,8-9,12-13,15H2. The molecule has 0 N–H and O–H groups in total. The summed E-state index contributed by atoms with van der Waals surface area (Å²) >= 11 is 0. The Kier molecular flexibility index (Phi) is 5.83. The molecule has 1 aliphatic heterocycles. The van der Waals surface area contributed by atoms with Crippen LogP contribution in [0.3, 0.4) is 0 Å². The summed E-state index contributed by atoms with van der Waals surface area (Å²) in [4.78, 5) is 45.8. The largest absolute Gasteiger partial charge is 0.336 e. The topological polar surface area (TPSA) is 111 Å². The lowest BCUT2D eigenvalue weighted by Gasteiger charge is -2.31. The van der Waals surface area contributed by atoms with Crippen LogP contribution in [0.2, 0.25) is 0 Å².